The van der Waals surface area contributed by atoms with Crippen LogP contribution in [-0.4, -0.2) is 78.6 Å². The summed E-state index contributed by atoms with van der Waals surface area (Å²) in [4.78, 5) is 22.4. The SMILES string of the molecule is N#Cc1ccc(N2CCN(CCCCOC[C@@H]3CCCN3c3cn[nH]c(=O)c3C(F)(F)F)CC2)nc1. The van der Waals surface area contributed by atoms with Crippen LogP contribution in [-0.2, 0) is 10.9 Å². The van der Waals surface area contributed by atoms with Crippen LogP contribution in [0.3, 0.4) is 0 Å². The Balaban J connectivity index is 1.16. The molecule has 2 saturated heterocycles. The molecule has 0 aromatic carbocycles. The number of H-pyrrole nitrogens is 1. The number of aromatic nitrogens is 3. The number of hydrogen-bond acceptors (Lipinski definition) is 8. The largest absolute Gasteiger partial charge is 0.423 e. The number of alkyl halides is 3. The van der Waals surface area contributed by atoms with Crippen LogP contribution >= 0.6 is 0 Å². The number of piperazine rings is 1. The number of halogens is 3. The lowest BCUT2D eigenvalue weighted by atomic mass is 10.2. The summed E-state index contributed by atoms with van der Waals surface area (Å²) < 4.78 is 46.2. The van der Waals surface area contributed by atoms with E-state index in [-0.39, 0.29) is 11.7 Å². The van der Waals surface area contributed by atoms with Crippen LogP contribution in [0, 0.1) is 11.3 Å². The third-order valence-electron chi connectivity index (χ3n) is 6.70. The monoisotopic (exact) mass is 505 g/mol. The van der Waals surface area contributed by atoms with E-state index in [4.69, 9.17) is 10.00 Å². The molecule has 2 aromatic rings. The summed E-state index contributed by atoms with van der Waals surface area (Å²) in [5, 5.41) is 14.4. The standard InChI is InChI=1S/C24H30F3N7O2/c25-24(26,27)22-20(16-30-31-23(22)35)34-8-3-4-19(34)17-36-13-2-1-7-32-9-11-33(12-10-32)21-6-5-18(14-28)15-29-21/h5-6,15-16,19H,1-4,7-13,17H2,(H,31,35)/t19-/m0/s1. The van der Waals surface area contributed by atoms with Crippen molar-refractivity contribution in [3.05, 3.63) is 46.0 Å². The fourth-order valence-electron chi connectivity index (χ4n) is 4.81. The molecule has 2 aliphatic rings. The molecule has 0 saturated carbocycles. The molecule has 194 valence electrons. The molecule has 4 heterocycles. The molecule has 12 heteroatoms. The van der Waals surface area contributed by atoms with Gasteiger partial charge in [0.05, 0.1) is 30.1 Å². The Morgan fingerprint density at radius 3 is 2.64 bits per heavy atom. The first kappa shape index (κ1) is 25.9. The van der Waals surface area contributed by atoms with Gasteiger partial charge in [-0.05, 0) is 44.4 Å². The highest BCUT2D eigenvalue weighted by Gasteiger charge is 2.40. The molecule has 4 rings (SSSR count). The first-order chi connectivity index (χ1) is 17.4. The third kappa shape index (κ3) is 6.33. The first-order valence-electron chi connectivity index (χ1n) is 12.2. The fraction of sp³-hybridized carbons (Fsp3) is 0.583. The van der Waals surface area contributed by atoms with Gasteiger partial charge in [0.15, 0.2) is 0 Å². The van der Waals surface area contributed by atoms with Gasteiger partial charge in [-0.15, -0.1) is 0 Å². The number of anilines is 2. The van der Waals surface area contributed by atoms with Crippen molar-refractivity contribution in [2.45, 2.75) is 37.9 Å². The van der Waals surface area contributed by atoms with Crippen LogP contribution in [0.2, 0.25) is 0 Å². The number of nitrogens with zero attached hydrogens (tertiary/aromatic N) is 6. The van der Waals surface area contributed by atoms with Gasteiger partial charge in [-0.1, -0.05) is 0 Å². The number of unbranched alkanes of at least 4 members (excludes halogenated alkanes) is 1. The van der Waals surface area contributed by atoms with Crippen molar-refractivity contribution in [1.82, 2.24) is 20.1 Å². The maximum absolute atomic E-state index is 13.4. The number of hydrogen-bond donors (Lipinski definition) is 1. The van der Waals surface area contributed by atoms with Gasteiger partial charge in [0.2, 0.25) is 0 Å². The Bertz CT molecular complexity index is 1090. The van der Waals surface area contributed by atoms with Crippen molar-refractivity contribution in [3.63, 3.8) is 0 Å². The van der Waals surface area contributed by atoms with Gasteiger partial charge in [-0.25, -0.2) is 10.1 Å². The zero-order chi connectivity index (χ0) is 25.5. The summed E-state index contributed by atoms with van der Waals surface area (Å²) in [6, 6.07) is 5.53. The van der Waals surface area contributed by atoms with Gasteiger partial charge < -0.3 is 14.5 Å². The minimum Gasteiger partial charge on any atom is -0.379 e. The van der Waals surface area contributed by atoms with Crippen LogP contribution in [0.5, 0.6) is 0 Å². The van der Waals surface area contributed by atoms with E-state index < -0.39 is 17.3 Å². The van der Waals surface area contributed by atoms with Crippen molar-refractivity contribution < 1.29 is 17.9 Å². The minimum atomic E-state index is -4.75. The second-order valence-electron chi connectivity index (χ2n) is 9.07. The number of rotatable bonds is 9. The molecule has 0 unspecified atom stereocenters. The molecule has 36 heavy (non-hydrogen) atoms. The van der Waals surface area contributed by atoms with Gasteiger partial charge in [0.25, 0.3) is 5.56 Å². The summed E-state index contributed by atoms with van der Waals surface area (Å²) in [7, 11) is 0. The predicted octanol–water partition coefficient (Wildman–Crippen LogP) is 2.64. The lowest BCUT2D eigenvalue weighted by Crippen LogP contribution is -2.46. The minimum absolute atomic E-state index is 0.173. The maximum Gasteiger partial charge on any atom is 0.423 e. The van der Waals surface area contributed by atoms with E-state index in [2.05, 4.69) is 26.0 Å². The van der Waals surface area contributed by atoms with E-state index in [0.29, 0.717) is 31.7 Å². The van der Waals surface area contributed by atoms with Crippen LogP contribution in [0.4, 0.5) is 24.7 Å². The Morgan fingerprint density at radius 2 is 1.94 bits per heavy atom. The van der Waals surface area contributed by atoms with Crippen molar-refractivity contribution >= 4 is 11.5 Å². The number of nitriles is 1. The Kier molecular flexibility index (Phi) is 8.43. The molecule has 0 radical (unpaired) electrons. The van der Waals surface area contributed by atoms with Gasteiger partial charge in [0, 0.05) is 45.5 Å². The molecular formula is C24H30F3N7O2. The zero-order valence-electron chi connectivity index (χ0n) is 20.0. The average molecular weight is 506 g/mol. The predicted molar refractivity (Wildman–Crippen MR) is 128 cm³/mol. The molecule has 0 aliphatic carbocycles. The number of aromatic amines is 1. The lowest BCUT2D eigenvalue weighted by molar-refractivity contribution is -0.138. The van der Waals surface area contributed by atoms with E-state index in [1.165, 1.54) is 0 Å². The second kappa shape index (κ2) is 11.7. The summed E-state index contributed by atoms with van der Waals surface area (Å²) in [5.41, 5.74) is -2.04. The Hall–Kier alpha value is -3.17. The van der Waals surface area contributed by atoms with E-state index in [1.807, 2.05) is 11.2 Å². The summed E-state index contributed by atoms with van der Waals surface area (Å²) >= 11 is 0. The van der Waals surface area contributed by atoms with Gasteiger partial charge in [-0.2, -0.15) is 23.5 Å². The molecule has 2 aromatic heterocycles. The molecule has 0 bridgehead atoms. The molecule has 2 fully saturated rings. The first-order valence-corrected chi connectivity index (χ1v) is 12.2. The molecule has 1 atom stereocenters. The topological polar surface area (TPSA) is 101 Å². The number of pyridine rings is 1. The van der Waals surface area contributed by atoms with Crippen LogP contribution < -0.4 is 15.4 Å². The van der Waals surface area contributed by atoms with Crippen molar-refractivity contribution in [1.29, 1.82) is 5.26 Å². The quantitative estimate of drug-likeness (QED) is 0.519. The zero-order valence-corrected chi connectivity index (χ0v) is 20.0. The average Bonchev–Trinajstić information content (AvgIpc) is 3.34. The number of nitrogens with one attached hydrogen (secondary N) is 1. The molecule has 9 nitrogen and oxygen atoms in total. The summed E-state index contributed by atoms with van der Waals surface area (Å²) in [5.74, 6) is 0.890. The van der Waals surface area contributed by atoms with E-state index in [9.17, 15) is 18.0 Å². The highest BCUT2D eigenvalue weighted by atomic mass is 19.4. The molecule has 0 amide bonds. The van der Waals surface area contributed by atoms with E-state index >= 15 is 0 Å². The van der Waals surface area contributed by atoms with Gasteiger partial charge in [-0.3, -0.25) is 9.69 Å². The van der Waals surface area contributed by atoms with E-state index in [1.54, 1.807) is 17.2 Å². The molecule has 1 N–H and O–H groups in total. The number of ether oxygens (including phenoxy) is 1. The van der Waals surface area contributed by atoms with Crippen molar-refractivity contribution in [2.24, 2.45) is 0 Å². The maximum atomic E-state index is 13.4. The van der Waals surface area contributed by atoms with Gasteiger partial charge >= 0.3 is 6.18 Å². The molecule has 2 aliphatic heterocycles. The Morgan fingerprint density at radius 1 is 1.14 bits per heavy atom. The van der Waals surface area contributed by atoms with Crippen LogP contribution in [0.25, 0.3) is 0 Å². The summed E-state index contributed by atoms with van der Waals surface area (Å²) in [6.45, 7) is 5.89. The normalized spacial score (nSPS) is 19.0. The Labute approximate surface area is 207 Å². The summed E-state index contributed by atoms with van der Waals surface area (Å²) in [6.07, 6.45) is 1.22. The smallest absolute Gasteiger partial charge is 0.379 e. The second-order valence-corrected chi connectivity index (χ2v) is 9.07. The van der Waals surface area contributed by atoms with Crippen LogP contribution in [0.15, 0.2) is 29.3 Å². The third-order valence-corrected chi connectivity index (χ3v) is 6.70. The van der Waals surface area contributed by atoms with Crippen molar-refractivity contribution in [2.75, 3.05) is 62.3 Å². The van der Waals surface area contributed by atoms with Crippen molar-refractivity contribution in [3.8, 4) is 6.07 Å². The van der Waals surface area contributed by atoms with Gasteiger partial charge in [0.1, 0.15) is 17.5 Å². The van der Waals surface area contributed by atoms with Crippen LogP contribution in [0.1, 0.15) is 36.8 Å². The molecule has 0 spiro atoms. The molecular weight excluding hydrogens is 475 g/mol. The fourth-order valence-corrected chi connectivity index (χ4v) is 4.81. The highest BCUT2D eigenvalue weighted by Crippen LogP contribution is 2.36. The lowest BCUT2D eigenvalue weighted by Gasteiger charge is -2.35. The van der Waals surface area contributed by atoms with E-state index in [0.717, 1.165) is 64.0 Å². The highest BCUT2D eigenvalue weighted by molar-refractivity contribution is 5.54.